The van der Waals surface area contributed by atoms with Crippen molar-refractivity contribution in [2.24, 2.45) is 0 Å². The predicted molar refractivity (Wildman–Crippen MR) is 106 cm³/mol. The molecule has 0 bridgehead atoms. The topological polar surface area (TPSA) is 102 Å². The highest BCUT2D eigenvalue weighted by atomic mass is 19.3. The molecular formula is C21H16F4N4O4. The Balaban J connectivity index is 1.64. The minimum absolute atomic E-state index is 0.0414. The molecule has 4 aromatic rings. The molecule has 0 fully saturated rings. The maximum absolute atomic E-state index is 13.6. The van der Waals surface area contributed by atoms with E-state index in [2.05, 4.69) is 19.9 Å². The minimum Gasteiger partial charge on any atom is -0.474 e. The molecule has 2 aromatic carbocycles. The van der Waals surface area contributed by atoms with E-state index in [4.69, 9.17) is 4.74 Å². The molecule has 0 amide bonds. The smallest absolute Gasteiger partial charge is 0.387 e. The van der Waals surface area contributed by atoms with E-state index < -0.39 is 37.1 Å². The highest BCUT2D eigenvalue weighted by Gasteiger charge is 2.31. The molecule has 0 spiro atoms. The summed E-state index contributed by atoms with van der Waals surface area (Å²) in [4.78, 5) is 3.99. The predicted octanol–water partition coefficient (Wildman–Crippen LogP) is 2.93. The molecule has 0 aliphatic heterocycles. The highest BCUT2D eigenvalue weighted by Crippen LogP contribution is 2.28. The number of ether oxygens (including phenoxy) is 2. The van der Waals surface area contributed by atoms with Gasteiger partial charge in [0.1, 0.15) is 18.0 Å². The van der Waals surface area contributed by atoms with E-state index in [1.54, 1.807) is 0 Å². The number of halogens is 4. The molecule has 2 N–H and O–H groups in total. The second-order valence-corrected chi connectivity index (χ2v) is 6.97. The van der Waals surface area contributed by atoms with Gasteiger partial charge in [-0.05, 0) is 42.0 Å². The minimum atomic E-state index is -2.96. The van der Waals surface area contributed by atoms with E-state index in [9.17, 15) is 27.8 Å². The zero-order valence-electron chi connectivity index (χ0n) is 16.7. The number of rotatable bonds is 8. The second-order valence-electron chi connectivity index (χ2n) is 6.97. The van der Waals surface area contributed by atoms with Crippen molar-refractivity contribution < 1.29 is 37.2 Å². The summed E-state index contributed by atoms with van der Waals surface area (Å²) in [6, 6.07) is 8.36. The lowest BCUT2D eigenvalue weighted by Gasteiger charge is -2.26. The van der Waals surface area contributed by atoms with Crippen molar-refractivity contribution in [2.75, 3.05) is 13.2 Å². The Morgan fingerprint density at radius 1 is 1.00 bits per heavy atom. The molecule has 0 aliphatic carbocycles. The van der Waals surface area contributed by atoms with Crippen LogP contribution in [0.15, 0.2) is 54.9 Å². The van der Waals surface area contributed by atoms with Gasteiger partial charge in [-0.3, -0.25) is 4.98 Å². The summed E-state index contributed by atoms with van der Waals surface area (Å²) in [5.74, 6) is -2.00. The maximum atomic E-state index is 13.6. The third kappa shape index (κ3) is 4.56. The quantitative estimate of drug-likeness (QED) is 0.387. The summed E-state index contributed by atoms with van der Waals surface area (Å²) in [6.07, 6.45) is 2.70. The van der Waals surface area contributed by atoms with Gasteiger partial charge in [0.2, 0.25) is 5.88 Å². The van der Waals surface area contributed by atoms with Crippen molar-refractivity contribution in [3.05, 3.63) is 72.1 Å². The first-order valence-electron chi connectivity index (χ1n) is 9.47. The van der Waals surface area contributed by atoms with Crippen LogP contribution in [-0.4, -0.2) is 49.6 Å². The number of fused-ring (bicyclic) bond motifs is 1. The lowest BCUT2D eigenvalue weighted by atomic mass is 9.95. The van der Waals surface area contributed by atoms with Gasteiger partial charge in [0, 0.05) is 5.56 Å². The van der Waals surface area contributed by atoms with Crippen LogP contribution in [0, 0.1) is 11.6 Å². The summed E-state index contributed by atoms with van der Waals surface area (Å²) in [6.45, 7) is -4.35. The Bertz CT molecular complexity index is 1270. The lowest BCUT2D eigenvalue weighted by Crippen LogP contribution is -2.37. The number of alkyl halides is 2. The van der Waals surface area contributed by atoms with Gasteiger partial charge in [0.25, 0.3) is 0 Å². The maximum Gasteiger partial charge on any atom is 0.387 e. The van der Waals surface area contributed by atoms with Gasteiger partial charge in [-0.25, -0.2) is 13.2 Å². The van der Waals surface area contributed by atoms with Gasteiger partial charge in [0.05, 0.1) is 19.0 Å². The molecule has 0 saturated carbocycles. The average Bonchev–Trinajstić information content (AvgIpc) is 3.24. The van der Waals surface area contributed by atoms with Crippen LogP contribution in [-0.2, 0) is 5.60 Å². The van der Waals surface area contributed by atoms with E-state index in [0.29, 0.717) is 5.56 Å². The molecule has 172 valence electrons. The zero-order chi connectivity index (χ0) is 23.6. The van der Waals surface area contributed by atoms with E-state index >= 15 is 0 Å². The van der Waals surface area contributed by atoms with Gasteiger partial charge in [-0.2, -0.15) is 8.78 Å². The van der Waals surface area contributed by atoms with Gasteiger partial charge in [-0.1, -0.05) is 6.07 Å². The first kappa shape index (κ1) is 22.4. The molecule has 4 rings (SSSR count). The molecule has 33 heavy (non-hydrogen) atoms. The van der Waals surface area contributed by atoms with Crippen LogP contribution in [0.2, 0.25) is 0 Å². The number of aromatic nitrogens is 4. The first-order valence-corrected chi connectivity index (χ1v) is 9.47. The summed E-state index contributed by atoms with van der Waals surface area (Å²) in [5, 5.41) is 28.5. The Morgan fingerprint density at radius 3 is 2.42 bits per heavy atom. The van der Waals surface area contributed by atoms with Crippen molar-refractivity contribution in [1.29, 1.82) is 0 Å². The number of aliphatic hydroxyl groups is 2. The Morgan fingerprint density at radius 2 is 1.76 bits per heavy atom. The zero-order valence-corrected chi connectivity index (χ0v) is 16.7. The summed E-state index contributed by atoms with van der Waals surface area (Å²) in [5.41, 5.74) is -1.39. The monoisotopic (exact) mass is 464 g/mol. The number of hydrogen-bond acceptors (Lipinski definition) is 7. The summed E-state index contributed by atoms with van der Waals surface area (Å²) < 4.78 is 63.1. The fourth-order valence-electron chi connectivity index (χ4n) is 3.10. The van der Waals surface area contributed by atoms with Gasteiger partial charge >= 0.3 is 6.61 Å². The Labute approximate surface area is 183 Å². The number of benzene rings is 2. The van der Waals surface area contributed by atoms with E-state index in [0.717, 1.165) is 18.2 Å². The van der Waals surface area contributed by atoms with E-state index in [-0.39, 0.29) is 28.7 Å². The third-order valence-electron chi connectivity index (χ3n) is 4.80. The van der Waals surface area contributed by atoms with Gasteiger partial charge < -0.3 is 19.7 Å². The molecule has 0 saturated heterocycles. The molecule has 1 atom stereocenters. The van der Waals surface area contributed by atoms with E-state index in [1.165, 1.54) is 41.1 Å². The normalized spacial score (nSPS) is 13.3. The second kappa shape index (κ2) is 9.00. The Kier molecular flexibility index (Phi) is 6.11. The standard InChI is InChI=1S/C21H16F4N4O4/c22-15-6-3-13(7-16(15)23)21(31,10-30)11-32-18-9-26-8-17-27-28-19(29(17)18)12-1-4-14(5-2-12)33-20(24)25/h1-9,20,30-31H,10-11H2. The molecule has 1 unspecified atom stereocenters. The molecule has 0 radical (unpaired) electrons. The molecule has 2 aromatic heterocycles. The van der Waals surface area contributed by atoms with Crippen molar-refractivity contribution >= 4 is 5.65 Å². The van der Waals surface area contributed by atoms with Gasteiger partial charge in [-0.15, -0.1) is 10.2 Å². The summed E-state index contributed by atoms with van der Waals surface area (Å²) in [7, 11) is 0. The molecule has 0 aliphatic rings. The molecular weight excluding hydrogens is 448 g/mol. The van der Waals surface area contributed by atoms with E-state index in [1.807, 2.05) is 0 Å². The molecule has 2 heterocycles. The highest BCUT2D eigenvalue weighted by molar-refractivity contribution is 5.61. The fraction of sp³-hybridized carbons (Fsp3) is 0.190. The SMILES string of the molecule is OCC(O)(COc1cncc2nnc(-c3ccc(OC(F)F)cc3)n12)c1ccc(F)c(F)c1. The fourth-order valence-corrected chi connectivity index (χ4v) is 3.10. The summed E-state index contributed by atoms with van der Waals surface area (Å²) >= 11 is 0. The van der Waals surface area contributed by atoms with Crippen LogP contribution < -0.4 is 9.47 Å². The van der Waals surface area contributed by atoms with Crippen molar-refractivity contribution in [1.82, 2.24) is 19.6 Å². The Hall–Kier alpha value is -3.77. The number of hydrogen-bond donors (Lipinski definition) is 2. The van der Waals surface area contributed by atoms with Gasteiger partial charge in [0.15, 0.2) is 23.1 Å². The first-order chi connectivity index (χ1) is 15.8. The van der Waals surface area contributed by atoms with Crippen LogP contribution in [0.25, 0.3) is 17.0 Å². The molecule has 12 heteroatoms. The molecule has 8 nitrogen and oxygen atoms in total. The largest absolute Gasteiger partial charge is 0.474 e. The van der Waals surface area contributed by atoms with Crippen LogP contribution in [0.3, 0.4) is 0 Å². The van der Waals surface area contributed by atoms with Crippen LogP contribution >= 0.6 is 0 Å². The van der Waals surface area contributed by atoms with Crippen molar-refractivity contribution in [3.63, 3.8) is 0 Å². The van der Waals surface area contributed by atoms with Crippen LogP contribution in [0.5, 0.6) is 11.6 Å². The number of aliphatic hydroxyl groups excluding tert-OH is 1. The lowest BCUT2D eigenvalue weighted by molar-refractivity contribution is -0.0539. The average molecular weight is 464 g/mol. The van der Waals surface area contributed by atoms with Crippen molar-refractivity contribution in [2.45, 2.75) is 12.2 Å². The third-order valence-corrected chi connectivity index (χ3v) is 4.80. The van der Waals surface area contributed by atoms with Crippen LogP contribution in [0.4, 0.5) is 17.6 Å². The van der Waals surface area contributed by atoms with Crippen LogP contribution in [0.1, 0.15) is 5.56 Å². The number of nitrogens with zero attached hydrogens (tertiary/aromatic N) is 4. The van der Waals surface area contributed by atoms with Crippen molar-refractivity contribution in [3.8, 4) is 23.0 Å².